The predicted molar refractivity (Wildman–Crippen MR) is 90.2 cm³/mol. The van der Waals surface area contributed by atoms with Crippen LogP contribution >= 0.6 is 0 Å². The number of hydrogen-bond acceptors (Lipinski definition) is 2. The standard InChI is InChI=1S/C18H38N2/c1-14(2)11-12-20(17-9-7-8-10-17)18(15(3)4)13-19-16(5)6/h14-19H,7-13H2,1-6H3. The minimum absolute atomic E-state index is 0.590. The van der Waals surface area contributed by atoms with E-state index in [1.54, 1.807) is 0 Å². The first-order chi connectivity index (χ1) is 9.41. The van der Waals surface area contributed by atoms with E-state index in [9.17, 15) is 0 Å². The molecule has 0 radical (unpaired) electrons. The molecule has 0 amide bonds. The van der Waals surface area contributed by atoms with E-state index in [4.69, 9.17) is 0 Å². The molecule has 1 aliphatic rings. The molecule has 2 heteroatoms. The van der Waals surface area contributed by atoms with Crippen LogP contribution in [0, 0.1) is 11.8 Å². The Morgan fingerprint density at radius 1 is 1.00 bits per heavy atom. The van der Waals surface area contributed by atoms with Crippen LogP contribution in [-0.2, 0) is 0 Å². The van der Waals surface area contributed by atoms with Gasteiger partial charge in [0.1, 0.15) is 0 Å². The minimum atomic E-state index is 0.590. The van der Waals surface area contributed by atoms with E-state index >= 15 is 0 Å². The van der Waals surface area contributed by atoms with Gasteiger partial charge in [-0.05, 0) is 37.6 Å². The van der Waals surface area contributed by atoms with E-state index in [2.05, 4.69) is 51.8 Å². The number of nitrogens with zero attached hydrogens (tertiary/aromatic N) is 1. The van der Waals surface area contributed by atoms with Gasteiger partial charge in [-0.25, -0.2) is 0 Å². The molecule has 0 saturated heterocycles. The molecule has 120 valence electrons. The molecule has 1 unspecified atom stereocenters. The van der Waals surface area contributed by atoms with Crippen LogP contribution < -0.4 is 5.32 Å². The van der Waals surface area contributed by atoms with Crippen molar-refractivity contribution in [3.05, 3.63) is 0 Å². The third-order valence-corrected chi connectivity index (χ3v) is 4.69. The molecule has 0 aromatic rings. The maximum absolute atomic E-state index is 3.68. The molecule has 1 N–H and O–H groups in total. The fourth-order valence-electron chi connectivity index (χ4n) is 3.35. The fourth-order valence-corrected chi connectivity index (χ4v) is 3.35. The Morgan fingerprint density at radius 2 is 1.60 bits per heavy atom. The maximum Gasteiger partial charge on any atom is 0.0246 e. The maximum atomic E-state index is 3.68. The van der Waals surface area contributed by atoms with Gasteiger partial charge in [-0.2, -0.15) is 0 Å². The van der Waals surface area contributed by atoms with Crippen molar-refractivity contribution in [1.29, 1.82) is 0 Å². The van der Waals surface area contributed by atoms with Gasteiger partial charge in [-0.15, -0.1) is 0 Å². The van der Waals surface area contributed by atoms with Gasteiger partial charge in [0.05, 0.1) is 0 Å². The highest BCUT2D eigenvalue weighted by molar-refractivity contribution is 4.86. The molecule has 0 heterocycles. The first-order valence-corrected chi connectivity index (χ1v) is 8.91. The largest absolute Gasteiger partial charge is 0.313 e. The molecule has 1 fully saturated rings. The summed E-state index contributed by atoms with van der Waals surface area (Å²) in [7, 11) is 0. The van der Waals surface area contributed by atoms with Crippen LogP contribution in [0.25, 0.3) is 0 Å². The smallest absolute Gasteiger partial charge is 0.0246 e. The third-order valence-electron chi connectivity index (χ3n) is 4.69. The molecular formula is C18H38N2. The number of nitrogens with one attached hydrogen (secondary N) is 1. The lowest BCUT2D eigenvalue weighted by molar-refractivity contribution is 0.0940. The van der Waals surface area contributed by atoms with Crippen molar-refractivity contribution in [3.63, 3.8) is 0 Å². The summed E-state index contributed by atoms with van der Waals surface area (Å²) in [5, 5.41) is 3.68. The second-order valence-electron chi connectivity index (χ2n) is 7.73. The number of hydrogen-bond donors (Lipinski definition) is 1. The van der Waals surface area contributed by atoms with Gasteiger partial charge in [-0.3, -0.25) is 4.90 Å². The van der Waals surface area contributed by atoms with Crippen molar-refractivity contribution in [2.45, 2.75) is 91.8 Å². The minimum Gasteiger partial charge on any atom is -0.313 e. The zero-order valence-electron chi connectivity index (χ0n) is 14.8. The van der Waals surface area contributed by atoms with Crippen LogP contribution in [-0.4, -0.2) is 36.1 Å². The van der Waals surface area contributed by atoms with Crippen LogP contribution in [0.1, 0.15) is 73.6 Å². The molecular weight excluding hydrogens is 244 g/mol. The SMILES string of the molecule is CC(C)CCN(C1CCCC1)C(CNC(C)C)C(C)C. The lowest BCUT2D eigenvalue weighted by Crippen LogP contribution is -2.51. The Balaban J connectivity index is 2.68. The summed E-state index contributed by atoms with van der Waals surface area (Å²) in [5.41, 5.74) is 0. The summed E-state index contributed by atoms with van der Waals surface area (Å²) in [6.45, 7) is 16.4. The van der Waals surface area contributed by atoms with Crippen molar-refractivity contribution in [1.82, 2.24) is 10.2 Å². The van der Waals surface area contributed by atoms with Gasteiger partial charge < -0.3 is 5.32 Å². The Bertz CT molecular complexity index is 242. The van der Waals surface area contributed by atoms with Crippen LogP contribution in [0.4, 0.5) is 0 Å². The van der Waals surface area contributed by atoms with Crippen molar-refractivity contribution in [2.24, 2.45) is 11.8 Å². The van der Waals surface area contributed by atoms with Crippen LogP contribution in [0.5, 0.6) is 0 Å². The first-order valence-electron chi connectivity index (χ1n) is 8.91. The molecule has 0 bridgehead atoms. The Morgan fingerprint density at radius 3 is 2.05 bits per heavy atom. The van der Waals surface area contributed by atoms with Gasteiger partial charge in [-0.1, -0.05) is 54.4 Å². The summed E-state index contributed by atoms with van der Waals surface area (Å²) in [5.74, 6) is 1.54. The lowest BCUT2D eigenvalue weighted by Gasteiger charge is -2.40. The first kappa shape index (κ1) is 18.0. The Kier molecular flexibility index (Phi) is 8.13. The normalized spacial score (nSPS) is 18.9. The molecule has 0 aromatic carbocycles. The van der Waals surface area contributed by atoms with E-state index in [-0.39, 0.29) is 0 Å². The van der Waals surface area contributed by atoms with Gasteiger partial charge >= 0.3 is 0 Å². The summed E-state index contributed by atoms with van der Waals surface area (Å²) in [6, 6.07) is 2.13. The van der Waals surface area contributed by atoms with Crippen LogP contribution in [0.2, 0.25) is 0 Å². The molecule has 1 atom stereocenters. The lowest BCUT2D eigenvalue weighted by atomic mass is 9.98. The molecule has 1 saturated carbocycles. The highest BCUT2D eigenvalue weighted by atomic mass is 15.2. The van der Waals surface area contributed by atoms with Gasteiger partial charge in [0, 0.05) is 24.7 Å². The highest BCUT2D eigenvalue weighted by Gasteiger charge is 2.30. The molecule has 1 aliphatic carbocycles. The van der Waals surface area contributed by atoms with Crippen molar-refractivity contribution in [3.8, 4) is 0 Å². The zero-order valence-corrected chi connectivity index (χ0v) is 14.8. The van der Waals surface area contributed by atoms with E-state index < -0.39 is 0 Å². The summed E-state index contributed by atoms with van der Waals surface area (Å²) >= 11 is 0. The molecule has 0 aliphatic heterocycles. The molecule has 20 heavy (non-hydrogen) atoms. The fraction of sp³-hybridized carbons (Fsp3) is 1.00. The molecule has 0 aromatic heterocycles. The van der Waals surface area contributed by atoms with Gasteiger partial charge in [0.2, 0.25) is 0 Å². The predicted octanol–water partition coefficient (Wildman–Crippen LogP) is 4.30. The van der Waals surface area contributed by atoms with Gasteiger partial charge in [0.25, 0.3) is 0 Å². The number of rotatable bonds is 9. The quantitative estimate of drug-likeness (QED) is 0.678. The molecule has 2 nitrogen and oxygen atoms in total. The monoisotopic (exact) mass is 282 g/mol. The Hall–Kier alpha value is -0.0800. The van der Waals surface area contributed by atoms with E-state index in [1.807, 2.05) is 0 Å². The topological polar surface area (TPSA) is 15.3 Å². The average molecular weight is 283 g/mol. The summed E-state index contributed by atoms with van der Waals surface area (Å²) in [6.07, 6.45) is 7.05. The third kappa shape index (κ3) is 6.13. The van der Waals surface area contributed by atoms with E-state index in [1.165, 1.54) is 38.6 Å². The highest BCUT2D eigenvalue weighted by Crippen LogP contribution is 2.27. The summed E-state index contributed by atoms with van der Waals surface area (Å²) in [4.78, 5) is 2.85. The van der Waals surface area contributed by atoms with Crippen molar-refractivity contribution >= 4 is 0 Å². The second kappa shape index (κ2) is 9.04. The Labute approximate surface area is 127 Å². The summed E-state index contributed by atoms with van der Waals surface area (Å²) < 4.78 is 0. The van der Waals surface area contributed by atoms with Crippen LogP contribution in [0.3, 0.4) is 0 Å². The van der Waals surface area contributed by atoms with E-state index in [0.29, 0.717) is 12.1 Å². The zero-order chi connectivity index (χ0) is 15.1. The second-order valence-corrected chi connectivity index (χ2v) is 7.73. The van der Waals surface area contributed by atoms with Gasteiger partial charge in [0.15, 0.2) is 0 Å². The average Bonchev–Trinajstić information content (AvgIpc) is 2.85. The van der Waals surface area contributed by atoms with Crippen molar-refractivity contribution in [2.75, 3.05) is 13.1 Å². The van der Waals surface area contributed by atoms with E-state index in [0.717, 1.165) is 24.4 Å². The van der Waals surface area contributed by atoms with Crippen LogP contribution in [0.15, 0.2) is 0 Å². The molecule has 1 rings (SSSR count). The molecule has 0 spiro atoms. The van der Waals surface area contributed by atoms with Crippen molar-refractivity contribution < 1.29 is 0 Å².